The minimum absolute atomic E-state index is 0.612. The van der Waals surface area contributed by atoms with Crippen LogP contribution >= 0.6 is 11.3 Å². The Balaban J connectivity index is 2.37. The quantitative estimate of drug-likeness (QED) is 0.586. The van der Waals surface area contributed by atoms with E-state index in [1.165, 1.54) is 11.3 Å². The minimum atomic E-state index is 0.612. The lowest BCUT2D eigenvalue weighted by Crippen LogP contribution is -2.26. The molecule has 1 aromatic heterocycles. The summed E-state index contributed by atoms with van der Waals surface area (Å²) in [6, 6.07) is 2.19. The van der Waals surface area contributed by atoms with E-state index in [0.29, 0.717) is 5.57 Å². The fraction of sp³-hybridized carbons (Fsp3) is 0.571. The molecule has 0 bridgehead atoms. The molecule has 0 saturated carbocycles. The summed E-state index contributed by atoms with van der Waals surface area (Å²) < 4.78 is 0. The number of nitriles is 1. The van der Waals surface area contributed by atoms with E-state index in [0.717, 1.165) is 43.3 Å². The Bertz CT molecular complexity index is 441. The first-order chi connectivity index (χ1) is 9.21. The van der Waals surface area contributed by atoms with E-state index in [9.17, 15) is 0 Å². The first kappa shape index (κ1) is 15.7. The minimum Gasteiger partial charge on any atom is -0.390 e. The predicted molar refractivity (Wildman–Crippen MR) is 80.8 cm³/mol. The standard InChI is InChI=1S/C14H22N4S/c1-4-18(5-2)8-6-7-16-10-13(9-15)14-17-12(3)11-19-14/h10-11,16H,4-8H2,1-3H3/b13-10+. The molecular formula is C14H22N4S. The van der Waals surface area contributed by atoms with Crippen LogP contribution < -0.4 is 5.32 Å². The number of allylic oxidation sites excluding steroid dienone is 1. The normalized spacial score (nSPS) is 11.6. The average Bonchev–Trinajstić information content (AvgIpc) is 2.85. The molecule has 0 aromatic carbocycles. The maximum absolute atomic E-state index is 9.11. The van der Waals surface area contributed by atoms with Crippen LogP contribution in [-0.2, 0) is 0 Å². The summed E-state index contributed by atoms with van der Waals surface area (Å²) in [4.78, 5) is 6.70. The molecule has 1 heterocycles. The molecule has 1 aromatic rings. The maximum atomic E-state index is 9.11. The van der Waals surface area contributed by atoms with Crippen LogP contribution in [-0.4, -0.2) is 36.1 Å². The van der Waals surface area contributed by atoms with Crippen molar-refractivity contribution in [2.75, 3.05) is 26.2 Å². The molecule has 1 rings (SSSR count). The summed E-state index contributed by atoms with van der Waals surface area (Å²) in [6.07, 6.45) is 2.86. The average molecular weight is 278 g/mol. The van der Waals surface area contributed by atoms with Gasteiger partial charge in [-0.3, -0.25) is 0 Å². The van der Waals surface area contributed by atoms with Crippen LogP contribution in [0.25, 0.3) is 5.57 Å². The Morgan fingerprint density at radius 3 is 2.79 bits per heavy atom. The van der Waals surface area contributed by atoms with Crippen molar-refractivity contribution in [1.82, 2.24) is 15.2 Å². The summed E-state index contributed by atoms with van der Waals surface area (Å²) in [5.74, 6) is 0. The number of aryl methyl sites for hydroxylation is 1. The van der Waals surface area contributed by atoms with Gasteiger partial charge < -0.3 is 10.2 Å². The molecule has 0 unspecified atom stereocenters. The number of rotatable bonds is 8. The lowest BCUT2D eigenvalue weighted by atomic mass is 10.3. The number of nitrogens with zero attached hydrogens (tertiary/aromatic N) is 3. The zero-order valence-corrected chi connectivity index (χ0v) is 12.8. The van der Waals surface area contributed by atoms with Crippen LogP contribution in [0.2, 0.25) is 0 Å². The van der Waals surface area contributed by atoms with E-state index >= 15 is 0 Å². The molecule has 0 saturated heterocycles. The molecule has 0 aliphatic heterocycles. The Morgan fingerprint density at radius 2 is 2.26 bits per heavy atom. The first-order valence-corrected chi connectivity index (χ1v) is 7.57. The lowest BCUT2D eigenvalue weighted by molar-refractivity contribution is 0.300. The monoisotopic (exact) mass is 278 g/mol. The fourth-order valence-electron chi connectivity index (χ4n) is 1.74. The van der Waals surface area contributed by atoms with Crippen LogP contribution in [0.1, 0.15) is 31.0 Å². The Morgan fingerprint density at radius 1 is 1.53 bits per heavy atom. The smallest absolute Gasteiger partial charge is 0.135 e. The van der Waals surface area contributed by atoms with E-state index in [-0.39, 0.29) is 0 Å². The van der Waals surface area contributed by atoms with Crippen LogP contribution in [0.5, 0.6) is 0 Å². The van der Waals surface area contributed by atoms with Crippen molar-refractivity contribution in [2.24, 2.45) is 0 Å². The highest BCUT2D eigenvalue weighted by Gasteiger charge is 2.04. The first-order valence-electron chi connectivity index (χ1n) is 6.69. The van der Waals surface area contributed by atoms with Crippen molar-refractivity contribution >= 4 is 16.9 Å². The summed E-state index contributed by atoms with van der Waals surface area (Å²) in [7, 11) is 0. The number of hydrogen-bond donors (Lipinski definition) is 1. The van der Waals surface area contributed by atoms with Crippen molar-refractivity contribution in [3.63, 3.8) is 0 Å². The fourth-order valence-corrected chi connectivity index (χ4v) is 2.50. The van der Waals surface area contributed by atoms with Gasteiger partial charge in [-0.1, -0.05) is 13.8 Å². The van der Waals surface area contributed by atoms with Crippen molar-refractivity contribution in [3.05, 3.63) is 22.3 Å². The third-order valence-corrected chi connectivity index (χ3v) is 3.90. The van der Waals surface area contributed by atoms with E-state index in [1.807, 2.05) is 12.3 Å². The highest BCUT2D eigenvalue weighted by molar-refractivity contribution is 7.10. The predicted octanol–water partition coefficient (Wildman–Crippen LogP) is 2.64. The molecule has 5 heteroatoms. The van der Waals surface area contributed by atoms with Gasteiger partial charge in [-0.25, -0.2) is 4.98 Å². The van der Waals surface area contributed by atoms with E-state index in [1.54, 1.807) is 6.20 Å². The van der Waals surface area contributed by atoms with Gasteiger partial charge in [0.25, 0.3) is 0 Å². The highest BCUT2D eigenvalue weighted by Crippen LogP contribution is 2.17. The van der Waals surface area contributed by atoms with Crippen molar-refractivity contribution in [3.8, 4) is 6.07 Å². The van der Waals surface area contributed by atoms with Gasteiger partial charge in [-0.05, 0) is 33.0 Å². The highest BCUT2D eigenvalue weighted by atomic mass is 32.1. The Hall–Kier alpha value is -1.38. The van der Waals surface area contributed by atoms with Gasteiger partial charge in [-0.15, -0.1) is 11.3 Å². The second-order valence-electron chi connectivity index (χ2n) is 4.30. The zero-order valence-electron chi connectivity index (χ0n) is 11.9. The van der Waals surface area contributed by atoms with E-state index in [2.05, 4.69) is 35.1 Å². The van der Waals surface area contributed by atoms with E-state index < -0.39 is 0 Å². The summed E-state index contributed by atoms with van der Waals surface area (Å²) in [6.45, 7) is 10.4. The molecule has 0 spiro atoms. The summed E-state index contributed by atoms with van der Waals surface area (Å²) >= 11 is 1.51. The number of thiazole rings is 1. The molecule has 0 amide bonds. The molecule has 0 aliphatic rings. The van der Waals surface area contributed by atoms with Crippen LogP contribution in [0, 0.1) is 18.3 Å². The maximum Gasteiger partial charge on any atom is 0.135 e. The molecule has 0 fully saturated rings. The molecule has 1 N–H and O–H groups in total. The number of nitrogens with one attached hydrogen (secondary N) is 1. The molecular weight excluding hydrogens is 256 g/mol. The second-order valence-corrected chi connectivity index (χ2v) is 5.16. The molecule has 0 atom stereocenters. The zero-order chi connectivity index (χ0) is 14.1. The molecule has 4 nitrogen and oxygen atoms in total. The Labute approximate surface area is 119 Å². The van der Waals surface area contributed by atoms with Crippen molar-refractivity contribution < 1.29 is 0 Å². The van der Waals surface area contributed by atoms with Crippen LogP contribution in [0.4, 0.5) is 0 Å². The van der Waals surface area contributed by atoms with Gasteiger partial charge in [0, 0.05) is 23.8 Å². The molecule has 104 valence electrons. The second kappa shape index (κ2) is 8.68. The third kappa shape index (κ3) is 5.41. The van der Waals surface area contributed by atoms with Crippen molar-refractivity contribution in [1.29, 1.82) is 5.26 Å². The molecule has 0 aliphatic carbocycles. The number of aromatic nitrogens is 1. The van der Waals surface area contributed by atoms with Gasteiger partial charge in [0.05, 0.1) is 0 Å². The molecule has 0 radical (unpaired) electrons. The van der Waals surface area contributed by atoms with Crippen LogP contribution in [0.3, 0.4) is 0 Å². The van der Waals surface area contributed by atoms with Gasteiger partial charge in [0.15, 0.2) is 0 Å². The van der Waals surface area contributed by atoms with Crippen molar-refractivity contribution in [2.45, 2.75) is 27.2 Å². The Kier molecular flexibility index (Phi) is 7.16. The van der Waals surface area contributed by atoms with E-state index in [4.69, 9.17) is 5.26 Å². The van der Waals surface area contributed by atoms with Gasteiger partial charge in [0.2, 0.25) is 0 Å². The van der Waals surface area contributed by atoms with Gasteiger partial charge >= 0.3 is 0 Å². The SMILES string of the molecule is CCN(CC)CCCN/C=C(\C#N)c1nc(C)cs1. The van der Waals surface area contributed by atoms with Gasteiger partial charge in [-0.2, -0.15) is 5.26 Å². The summed E-state index contributed by atoms with van der Waals surface area (Å²) in [5, 5.41) is 15.1. The van der Waals surface area contributed by atoms with Gasteiger partial charge in [0.1, 0.15) is 16.6 Å². The lowest BCUT2D eigenvalue weighted by Gasteiger charge is -2.17. The summed E-state index contributed by atoms with van der Waals surface area (Å²) in [5.41, 5.74) is 1.57. The molecule has 19 heavy (non-hydrogen) atoms. The largest absolute Gasteiger partial charge is 0.390 e. The van der Waals surface area contributed by atoms with Crippen LogP contribution in [0.15, 0.2) is 11.6 Å². The number of hydrogen-bond acceptors (Lipinski definition) is 5. The topological polar surface area (TPSA) is 52.0 Å². The third-order valence-electron chi connectivity index (χ3n) is 2.91.